The number of nitrogens with zero attached hydrogens (tertiary/aromatic N) is 4. The first kappa shape index (κ1) is 17.4. The van der Waals surface area contributed by atoms with Crippen molar-refractivity contribution in [2.45, 2.75) is 23.9 Å². The van der Waals surface area contributed by atoms with E-state index in [1.165, 1.54) is 11.3 Å². The molecule has 3 rings (SSSR count). The molecule has 0 saturated heterocycles. The number of nitrogens with one attached hydrogen (secondary N) is 1. The summed E-state index contributed by atoms with van der Waals surface area (Å²) in [6.45, 7) is 5.20. The number of halogens is 1. The molecule has 0 radical (unpaired) electrons. The molecule has 0 atom stereocenters. The second-order valence-electron chi connectivity index (χ2n) is 5.44. The van der Waals surface area contributed by atoms with E-state index in [9.17, 15) is 0 Å². The van der Waals surface area contributed by atoms with Gasteiger partial charge in [-0.05, 0) is 30.2 Å². The van der Waals surface area contributed by atoms with E-state index in [1.807, 2.05) is 24.3 Å². The molecule has 0 bridgehead atoms. The van der Waals surface area contributed by atoms with E-state index in [1.54, 1.807) is 11.8 Å². The lowest BCUT2D eigenvalue weighted by molar-refractivity contribution is 0.528. The second kappa shape index (κ2) is 8.09. The molecule has 0 spiro atoms. The van der Waals surface area contributed by atoms with Crippen molar-refractivity contribution < 1.29 is 4.42 Å². The monoisotopic (exact) mass is 425 g/mol. The van der Waals surface area contributed by atoms with Crippen LogP contribution in [0.15, 0.2) is 37.5 Å². The van der Waals surface area contributed by atoms with Crippen molar-refractivity contribution in [1.82, 2.24) is 20.4 Å². The fourth-order valence-corrected chi connectivity index (χ4v) is 3.64. The molecular formula is C15H16BrN5OS2. The number of benzene rings is 1. The zero-order valence-electron chi connectivity index (χ0n) is 13.2. The lowest BCUT2D eigenvalue weighted by atomic mass is 10.2. The molecule has 0 unspecified atom stereocenters. The normalized spacial score (nSPS) is 11.2. The van der Waals surface area contributed by atoms with E-state index in [2.05, 4.69) is 55.5 Å². The fourth-order valence-electron chi connectivity index (χ4n) is 1.78. The van der Waals surface area contributed by atoms with Crippen molar-refractivity contribution >= 4 is 44.2 Å². The summed E-state index contributed by atoms with van der Waals surface area (Å²) < 4.78 is 7.59. The Morgan fingerprint density at radius 3 is 2.71 bits per heavy atom. The molecule has 0 fully saturated rings. The van der Waals surface area contributed by atoms with Crippen LogP contribution in [0.4, 0.5) is 5.13 Å². The quantitative estimate of drug-likeness (QED) is 0.548. The summed E-state index contributed by atoms with van der Waals surface area (Å²) in [7, 11) is 0. The summed E-state index contributed by atoms with van der Waals surface area (Å²) in [6.07, 6.45) is 0. The molecule has 0 amide bonds. The van der Waals surface area contributed by atoms with Crippen molar-refractivity contribution in [2.24, 2.45) is 5.92 Å². The van der Waals surface area contributed by atoms with E-state index in [-0.39, 0.29) is 0 Å². The third-order valence-corrected chi connectivity index (χ3v) is 5.47. The molecule has 9 heteroatoms. The maximum absolute atomic E-state index is 5.70. The maximum Gasteiger partial charge on any atom is 0.247 e. The van der Waals surface area contributed by atoms with Gasteiger partial charge < -0.3 is 9.73 Å². The fraction of sp³-hybridized carbons (Fsp3) is 0.333. The molecule has 24 heavy (non-hydrogen) atoms. The molecule has 2 aromatic heterocycles. The van der Waals surface area contributed by atoms with Gasteiger partial charge in [-0.15, -0.1) is 20.4 Å². The summed E-state index contributed by atoms with van der Waals surface area (Å²) >= 11 is 6.48. The number of hydrogen-bond acceptors (Lipinski definition) is 8. The molecule has 0 saturated carbocycles. The van der Waals surface area contributed by atoms with Gasteiger partial charge in [-0.3, -0.25) is 0 Å². The molecule has 0 aliphatic rings. The minimum absolute atomic E-state index is 0.523. The third-order valence-electron chi connectivity index (χ3n) is 2.95. The zero-order valence-corrected chi connectivity index (χ0v) is 16.4. The Kier molecular flexibility index (Phi) is 5.85. The van der Waals surface area contributed by atoms with Crippen molar-refractivity contribution in [2.75, 3.05) is 11.9 Å². The van der Waals surface area contributed by atoms with Gasteiger partial charge in [0, 0.05) is 16.6 Å². The van der Waals surface area contributed by atoms with Gasteiger partial charge in [-0.25, -0.2) is 0 Å². The summed E-state index contributed by atoms with van der Waals surface area (Å²) in [6, 6.07) is 7.76. The summed E-state index contributed by atoms with van der Waals surface area (Å²) in [5.41, 5.74) is 0.901. The highest BCUT2D eigenvalue weighted by Gasteiger charge is 2.11. The van der Waals surface area contributed by atoms with Crippen LogP contribution in [0.2, 0.25) is 0 Å². The van der Waals surface area contributed by atoms with Crippen LogP contribution in [0.25, 0.3) is 11.5 Å². The highest BCUT2D eigenvalue weighted by molar-refractivity contribution is 9.10. The van der Waals surface area contributed by atoms with Gasteiger partial charge in [0.15, 0.2) is 4.34 Å². The minimum atomic E-state index is 0.523. The van der Waals surface area contributed by atoms with Crippen LogP contribution in [0.1, 0.15) is 19.7 Å². The van der Waals surface area contributed by atoms with Crippen LogP contribution in [0.5, 0.6) is 0 Å². The van der Waals surface area contributed by atoms with Gasteiger partial charge in [-0.2, -0.15) is 0 Å². The van der Waals surface area contributed by atoms with E-state index in [0.717, 1.165) is 26.1 Å². The Balaban J connectivity index is 1.56. The standard InChI is InChI=1S/C15H16BrN5OS2/c1-9(2)7-17-14-20-21-15(24-14)23-8-12-18-19-13(22-12)10-3-5-11(16)6-4-10/h3-6,9H,7-8H2,1-2H3,(H,17,20). The van der Waals surface area contributed by atoms with Crippen molar-refractivity contribution in [3.63, 3.8) is 0 Å². The smallest absolute Gasteiger partial charge is 0.247 e. The highest BCUT2D eigenvalue weighted by atomic mass is 79.9. The van der Waals surface area contributed by atoms with Crippen LogP contribution < -0.4 is 5.32 Å². The Morgan fingerprint density at radius 2 is 1.96 bits per heavy atom. The van der Waals surface area contributed by atoms with Gasteiger partial charge in [0.2, 0.25) is 16.9 Å². The second-order valence-corrected chi connectivity index (χ2v) is 8.56. The van der Waals surface area contributed by atoms with E-state index >= 15 is 0 Å². The number of aromatic nitrogens is 4. The van der Waals surface area contributed by atoms with Gasteiger partial charge in [0.25, 0.3) is 0 Å². The van der Waals surface area contributed by atoms with Gasteiger partial charge in [0.05, 0.1) is 5.75 Å². The van der Waals surface area contributed by atoms with Crippen LogP contribution >= 0.6 is 39.0 Å². The van der Waals surface area contributed by atoms with Crippen molar-refractivity contribution in [3.05, 3.63) is 34.6 Å². The van der Waals surface area contributed by atoms with Gasteiger partial charge in [-0.1, -0.05) is 52.9 Å². The topological polar surface area (TPSA) is 76.7 Å². The van der Waals surface area contributed by atoms with E-state index < -0.39 is 0 Å². The molecule has 2 heterocycles. The Labute approximate surface area is 156 Å². The Morgan fingerprint density at radius 1 is 1.17 bits per heavy atom. The Bertz CT molecular complexity index is 787. The number of hydrogen-bond donors (Lipinski definition) is 1. The first-order valence-corrected chi connectivity index (χ1v) is 9.98. The first-order valence-electron chi connectivity index (χ1n) is 7.38. The van der Waals surface area contributed by atoms with Crippen LogP contribution in [0.3, 0.4) is 0 Å². The zero-order chi connectivity index (χ0) is 16.9. The largest absolute Gasteiger partial charge is 0.420 e. The Hall–Kier alpha value is -1.45. The maximum atomic E-state index is 5.70. The molecule has 0 aliphatic carbocycles. The molecular weight excluding hydrogens is 410 g/mol. The molecule has 1 aromatic carbocycles. The SMILES string of the molecule is CC(C)CNc1nnc(SCc2nnc(-c3ccc(Br)cc3)o2)s1. The molecule has 0 aliphatic heterocycles. The van der Waals surface area contributed by atoms with Crippen molar-refractivity contribution in [1.29, 1.82) is 0 Å². The summed E-state index contributed by atoms with van der Waals surface area (Å²) in [5, 5.41) is 20.6. The molecule has 6 nitrogen and oxygen atoms in total. The van der Waals surface area contributed by atoms with Crippen LogP contribution in [-0.4, -0.2) is 26.9 Å². The number of thioether (sulfide) groups is 1. The highest BCUT2D eigenvalue weighted by Crippen LogP contribution is 2.29. The predicted molar refractivity (Wildman–Crippen MR) is 100 cm³/mol. The van der Waals surface area contributed by atoms with Crippen molar-refractivity contribution in [3.8, 4) is 11.5 Å². The molecule has 126 valence electrons. The lowest BCUT2D eigenvalue weighted by Crippen LogP contribution is -2.07. The average molecular weight is 426 g/mol. The van der Waals surface area contributed by atoms with Crippen LogP contribution in [0, 0.1) is 5.92 Å². The number of rotatable bonds is 7. The predicted octanol–water partition coefficient (Wildman–Crippen LogP) is 4.71. The van der Waals surface area contributed by atoms with E-state index in [0.29, 0.717) is 23.5 Å². The van der Waals surface area contributed by atoms with Crippen LogP contribution in [-0.2, 0) is 5.75 Å². The van der Waals surface area contributed by atoms with Gasteiger partial charge >= 0.3 is 0 Å². The first-order chi connectivity index (χ1) is 11.6. The lowest BCUT2D eigenvalue weighted by Gasteiger charge is -2.03. The summed E-state index contributed by atoms with van der Waals surface area (Å²) in [5.74, 6) is 2.24. The van der Waals surface area contributed by atoms with E-state index in [4.69, 9.17) is 4.42 Å². The summed E-state index contributed by atoms with van der Waals surface area (Å²) in [4.78, 5) is 0. The van der Waals surface area contributed by atoms with Gasteiger partial charge in [0.1, 0.15) is 0 Å². The number of anilines is 1. The average Bonchev–Trinajstić information content (AvgIpc) is 3.21. The minimum Gasteiger partial charge on any atom is -0.420 e. The molecule has 3 aromatic rings. The molecule has 1 N–H and O–H groups in total. The third kappa shape index (κ3) is 4.78.